The van der Waals surface area contributed by atoms with E-state index in [1.165, 1.54) is 10.7 Å². The van der Waals surface area contributed by atoms with Crippen LogP contribution >= 0.6 is 11.6 Å². The van der Waals surface area contributed by atoms with Crippen molar-refractivity contribution in [1.29, 1.82) is 0 Å². The number of aryl methyl sites for hydroxylation is 2. The van der Waals surface area contributed by atoms with Gasteiger partial charge in [0.2, 0.25) is 0 Å². The highest BCUT2D eigenvalue weighted by Crippen LogP contribution is 2.21. The first-order valence-corrected chi connectivity index (χ1v) is 7.33. The van der Waals surface area contributed by atoms with Crippen LogP contribution in [0.5, 0.6) is 0 Å². The Hall–Kier alpha value is -1.60. The maximum Gasteiger partial charge on any atom is 0.266 e. The summed E-state index contributed by atoms with van der Waals surface area (Å²) in [5.74, 6) is 0.176. The predicted molar refractivity (Wildman–Crippen MR) is 72.7 cm³/mol. The van der Waals surface area contributed by atoms with Crippen molar-refractivity contribution >= 4 is 27.4 Å². The van der Waals surface area contributed by atoms with Gasteiger partial charge >= 0.3 is 0 Å². The molecule has 19 heavy (non-hydrogen) atoms. The van der Waals surface area contributed by atoms with Gasteiger partial charge in [0.15, 0.2) is 0 Å². The lowest BCUT2D eigenvalue weighted by Crippen LogP contribution is -2.15. The molecule has 1 N–H and O–H groups in total. The fraction of sp³-hybridized carbons (Fsp3) is 0.273. The Morgan fingerprint density at radius 1 is 1.32 bits per heavy atom. The van der Waals surface area contributed by atoms with Gasteiger partial charge in [0.25, 0.3) is 10.0 Å². The monoisotopic (exact) mass is 300 g/mol. The highest BCUT2D eigenvalue weighted by molar-refractivity contribution is 7.92. The van der Waals surface area contributed by atoms with Gasteiger partial charge in [0.05, 0.1) is 11.4 Å². The molecule has 2 rings (SSSR count). The summed E-state index contributed by atoms with van der Waals surface area (Å²) in [6.45, 7) is 3.34. The van der Waals surface area contributed by atoms with Crippen LogP contribution in [0, 0.1) is 13.8 Å². The number of anilines is 1. The first-order valence-electron chi connectivity index (χ1n) is 5.47. The van der Waals surface area contributed by atoms with Crippen molar-refractivity contribution in [2.45, 2.75) is 18.7 Å². The average Bonchev–Trinajstić information content (AvgIpc) is 2.52. The van der Waals surface area contributed by atoms with Gasteiger partial charge < -0.3 is 0 Å². The molecule has 0 fully saturated rings. The lowest BCUT2D eigenvalue weighted by Gasteiger charge is -2.07. The molecular weight excluding hydrogens is 288 g/mol. The molecule has 0 aliphatic carbocycles. The van der Waals surface area contributed by atoms with Crippen molar-refractivity contribution in [2.75, 3.05) is 4.72 Å². The number of pyridine rings is 1. The summed E-state index contributed by atoms with van der Waals surface area (Å²) in [5, 5.41) is 4.31. The fourth-order valence-electron chi connectivity index (χ4n) is 1.80. The SMILES string of the molecule is Cc1nn(C)c(C)c1S(=O)(=O)Nc1cccc(Cl)n1. The molecule has 0 radical (unpaired) electrons. The van der Waals surface area contributed by atoms with Crippen LogP contribution in [0.25, 0.3) is 0 Å². The molecule has 0 saturated carbocycles. The molecule has 8 heteroatoms. The summed E-state index contributed by atoms with van der Waals surface area (Å²) in [4.78, 5) is 4.06. The van der Waals surface area contributed by atoms with E-state index in [1.54, 1.807) is 33.0 Å². The first-order chi connectivity index (χ1) is 8.81. The maximum atomic E-state index is 12.3. The minimum absolute atomic E-state index is 0.164. The molecule has 0 unspecified atom stereocenters. The van der Waals surface area contributed by atoms with E-state index in [0.717, 1.165) is 0 Å². The molecule has 6 nitrogen and oxygen atoms in total. The minimum Gasteiger partial charge on any atom is -0.271 e. The number of aromatic nitrogens is 3. The van der Waals surface area contributed by atoms with Crippen LogP contribution in [-0.4, -0.2) is 23.2 Å². The van der Waals surface area contributed by atoms with Crippen molar-refractivity contribution < 1.29 is 8.42 Å². The summed E-state index contributed by atoms with van der Waals surface area (Å²) in [6, 6.07) is 4.72. The number of hydrogen-bond acceptors (Lipinski definition) is 4. The zero-order chi connectivity index (χ0) is 14.2. The van der Waals surface area contributed by atoms with Gasteiger partial charge in [-0.2, -0.15) is 5.10 Å². The van der Waals surface area contributed by atoms with Gasteiger partial charge in [-0.05, 0) is 26.0 Å². The summed E-state index contributed by atoms with van der Waals surface area (Å²) in [6.07, 6.45) is 0. The second-order valence-corrected chi connectivity index (χ2v) is 6.08. The Bertz CT molecular complexity index is 724. The number of nitrogens with one attached hydrogen (secondary N) is 1. The van der Waals surface area contributed by atoms with E-state index in [2.05, 4.69) is 14.8 Å². The topological polar surface area (TPSA) is 76.9 Å². The fourth-order valence-corrected chi connectivity index (χ4v) is 3.40. The van der Waals surface area contributed by atoms with E-state index in [4.69, 9.17) is 11.6 Å². The van der Waals surface area contributed by atoms with Crippen LogP contribution in [0.3, 0.4) is 0 Å². The molecule has 0 bridgehead atoms. The normalized spacial score (nSPS) is 11.6. The second-order valence-electron chi connectivity index (χ2n) is 4.07. The Morgan fingerprint density at radius 2 is 2.00 bits per heavy atom. The molecule has 0 atom stereocenters. The van der Waals surface area contributed by atoms with E-state index in [1.807, 2.05) is 0 Å². The highest BCUT2D eigenvalue weighted by Gasteiger charge is 2.24. The average molecular weight is 301 g/mol. The molecule has 2 heterocycles. The molecule has 0 spiro atoms. The van der Waals surface area contributed by atoms with Crippen LogP contribution in [0.4, 0.5) is 5.82 Å². The van der Waals surface area contributed by atoms with Crippen LogP contribution in [-0.2, 0) is 17.1 Å². The third kappa shape index (κ3) is 2.71. The van der Waals surface area contributed by atoms with Crippen LogP contribution in [0.1, 0.15) is 11.4 Å². The van der Waals surface area contributed by atoms with Crippen molar-refractivity contribution in [3.05, 3.63) is 34.7 Å². The molecule has 0 saturated heterocycles. The quantitative estimate of drug-likeness (QED) is 0.878. The zero-order valence-electron chi connectivity index (χ0n) is 10.7. The standard InChI is InChI=1S/C11H13ClN4O2S/c1-7-11(8(2)16(3)14-7)19(17,18)15-10-6-4-5-9(12)13-10/h4-6H,1-3H3,(H,13,15). The number of nitrogens with zero attached hydrogens (tertiary/aromatic N) is 3. The van der Waals surface area contributed by atoms with E-state index < -0.39 is 10.0 Å². The predicted octanol–water partition coefficient (Wildman–Crippen LogP) is 1.89. The molecule has 0 amide bonds. The molecule has 0 aromatic carbocycles. The highest BCUT2D eigenvalue weighted by atomic mass is 35.5. The minimum atomic E-state index is -3.73. The molecule has 2 aromatic rings. The molecule has 102 valence electrons. The summed E-state index contributed by atoms with van der Waals surface area (Å²) in [7, 11) is -2.03. The van der Waals surface area contributed by atoms with Gasteiger partial charge in [-0.15, -0.1) is 0 Å². The van der Waals surface area contributed by atoms with Crippen molar-refractivity contribution in [2.24, 2.45) is 7.05 Å². The molecular formula is C11H13ClN4O2S. The Labute approximate surface area is 116 Å². The Kier molecular flexibility index (Phi) is 3.51. The van der Waals surface area contributed by atoms with E-state index in [-0.39, 0.29) is 15.9 Å². The van der Waals surface area contributed by atoms with Gasteiger partial charge in [-0.1, -0.05) is 17.7 Å². The summed E-state index contributed by atoms with van der Waals surface area (Å²) in [5.41, 5.74) is 1.00. The van der Waals surface area contributed by atoms with Crippen molar-refractivity contribution in [3.63, 3.8) is 0 Å². The maximum absolute atomic E-state index is 12.3. The first kappa shape index (κ1) is 13.8. The summed E-state index contributed by atoms with van der Waals surface area (Å²) >= 11 is 5.72. The smallest absolute Gasteiger partial charge is 0.266 e. The van der Waals surface area contributed by atoms with Crippen LogP contribution < -0.4 is 4.72 Å². The van der Waals surface area contributed by atoms with Crippen molar-refractivity contribution in [1.82, 2.24) is 14.8 Å². The lowest BCUT2D eigenvalue weighted by molar-refractivity contribution is 0.599. The number of halogens is 1. The lowest BCUT2D eigenvalue weighted by atomic mass is 10.4. The zero-order valence-corrected chi connectivity index (χ0v) is 12.2. The third-order valence-electron chi connectivity index (χ3n) is 2.67. The van der Waals surface area contributed by atoms with E-state index in [9.17, 15) is 8.42 Å². The van der Waals surface area contributed by atoms with Crippen LogP contribution in [0.2, 0.25) is 5.15 Å². The van der Waals surface area contributed by atoms with Gasteiger partial charge in [-0.25, -0.2) is 13.4 Å². The van der Waals surface area contributed by atoms with E-state index in [0.29, 0.717) is 11.4 Å². The second kappa shape index (κ2) is 4.82. The molecule has 0 aliphatic rings. The van der Waals surface area contributed by atoms with Crippen molar-refractivity contribution in [3.8, 4) is 0 Å². The molecule has 0 aliphatic heterocycles. The van der Waals surface area contributed by atoms with Crippen LogP contribution in [0.15, 0.2) is 23.1 Å². The van der Waals surface area contributed by atoms with Gasteiger partial charge in [0.1, 0.15) is 15.9 Å². The largest absolute Gasteiger partial charge is 0.271 e. The molecule has 2 aromatic heterocycles. The Morgan fingerprint density at radius 3 is 2.53 bits per heavy atom. The number of rotatable bonds is 3. The number of hydrogen-bond donors (Lipinski definition) is 1. The van der Waals surface area contributed by atoms with E-state index >= 15 is 0 Å². The number of sulfonamides is 1. The van der Waals surface area contributed by atoms with Gasteiger partial charge in [-0.3, -0.25) is 9.40 Å². The summed E-state index contributed by atoms with van der Waals surface area (Å²) < 4.78 is 28.6. The third-order valence-corrected chi connectivity index (χ3v) is 4.48. The van der Waals surface area contributed by atoms with Gasteiger partial charge in [0, 0.05) is 7.05 Å². The Balaban J connectivity index is 2.44.